The molecular formula is C31H29NO6. The van der Waals surface area contributed by atoms with E-state index in [1.807, 2.05) is 37.3 Å². The fraction of sp³-hybridized carbons (Fsp3) is 0.258. The van der Waals surface area contributed by atoms with Crippen LogP contribution in [-0.2, 0) is 20.7 Å². The normalized spacial score (nSPS) is 18.3. The van der Waals surface area contributed by atoms with Crippen molar-refractivity contribution in [1.82, 2.24) is 0 Å². The van der Waals surface area contributed by atoms with Crippen molar-refractivity contribution in [3.05, 3.63) is 100 Å². The molecule has 3 aromatic carbocycles. The molecule has 194 valence electrons. The Balaban J connectivity index is 1.66. The third kappa shape index (κ3) is 4.67. The van der Waals surface area contributed by atoms with Gasteiger partial charge in [-0.2, -0.15) is 0 Å². The summed E-state index contributed by atoms with van der Waals surface area (Å²) in [5.41, 5.74) is 3.60. The van der Waals surface area contributed by atoms with Crippen LogP contribution in [0.5, 0.6) is 5.75 Å². The largest absolute Gasteiger partial charge is 0.507 e. The Kier molecular flexibility index (Phi) is 6.76. The number of ketones is 1. The summed E-state index contributed by atoms with van der Waals surface area (Å²) < 4.78 is 11.0. The minimum Gasteiger partial charge on any atom is -0.507 e. The first kappa shape index (κ1) is 25.3. The third-order valence-electron chi connectivity index (χ3n) is 6.69. The van der Waals surface area contributed by atoms with E-state index in [9.17, 15) is 19.5 Å². The van der Waals surface area contributed by atoms with Crippen LogP contribution in [-0.4, -0.2) is 35.5 Å². The van der Waals surface area contributed by atoms with Crippen molar-refractivity contribution >= 4 is 29.1 Å². The summed E-state index contributed by atoms with van der Waals surface area (Å²) in [5, 5.41) is 11.5. The number of aliphatic hydroxyl groups excluding tert-OH is 1. The summed E-state index contributed by atoms with van der Waals surface area (Å²) in [6.07, 6.45) is 1.35. The van der Waals surface area contributed by atoms with Crippen LogP contribution in [0.15, 0.2) is 72.3 Å². The number of hydrogen-bond acceptors (Lipinski definition) is 6. The fourth-order valence-electron chi connectivity index (χ4n) is 4.98. The smallest absolute Gasteiger partial charge is 0.338 e. The molecule has 0 spiro atoms. The van der Waals surface area contributed by atoms with Gasteiger partial charge >= 0.3 is 5.97 Å². The lowest BCUT2D eigenvalue weighted by molar-refractivity contribution is -0.132. The van der Waals surface area contributed by atoms with E-state index in [2.05, 4.69) is 0 Å². The van der Waals surface area contributed by atoms with Crippen molar-refractivity contribution in [3.8, 4) is 5.75 Å². The maximum Gasteiger partial charge on any atom is 0.338 e. The third-order valence-corrected chi connectivity index (χ3v) is 6.69. The number of nitrogens with zero attached hydrogens (tertiary/aromatic N) is 1. The van der Waals surface area contributed by atoms with Gasteiger partial charge in [-0.25, -0.2) is 4.79 Å². The molecule has 1 atom stereocenters. The van der Waals surface area contributed by atoms with Crippen LogP contribution in [0.25, 0.3) is 5.76 Å². The molecule has 7 heteroatoms. The monoisotopic (exact) mass is 511 g/mol. The highest BCUT2D eigenvalue weighted by atomic mass is 16.5. The van der Waals surface area contributed by atoms with Crippen LogP contribution in [0, 0.1) is 6.92 Å². The number of aliphatic hydroxyl groups is 1. The van der Waals surface area contributed by atoms with Crippen molar-refractivity contribution in [3.63, 3.8) is 0 Å². The van der Waals surface area contributed by atoms with Gasteiger partial charge in [0.15, 0.2) is 0 Å². The fourth-order valence-corrected chi connectivity index (χ4v) is 4.98. The zero-order chi connectivity index (χ0) is 27.0. The van der Waals surface area contributed by atoms with Gasteiger partial charge in [0, 0.05) is 11.3 Å². The number of esters is 1. The topological polar surface area (TPSA) is 93.1 Å². The molecular weight excluding hydrogens is 482 g/mol. The van der Waals surface area contributed by atoms with Crippen LogP contribution in [0.2, 0.25) is 0 Å². The SMILES string of the molecule is Cc1cccc(C2/C(=C(/O)c3ccc4c(c3)CCCO4)C(=O)C(=O)N2c2cccc(C(=O)OC(C)C)c2)c1. The van der Waals surface area contributed by atoms with Crippen LogP contribution < -0.4 is 9.64 Å². The van der Waals surface area contributed by atoms with E-state index in [0.29, 0.717) is 23.4 Å². The summed E-state index contributed by atoms with van der Waals surface area (Å²) in [4.78, 5) is 40.9. The molecule has 2 heterocycles. The number of ether oxygens (including phenoxy) is 2. The zero-order valence-corrected chi connectivity index (χ0v) is 21.6. The van der Waals surface area contributed by atoms with Gasteiger partial charge in [-0.3, -0.25) is 14.5 Å². The first-order chi connectivity index (χ1) is 18.2. The molecule has 5 rings (SSSR count). The van der Waals surface area contributed by atoms with Gasteiger partial charge in [0.05, 0.1) is 29.9 Å². The molecule has 2 aliphatic heterocycles. The second-order valence-electron chi connectivity index (χ2n) is 9.86. The van der Waals surface area contributed by atoms with E-state index in [-0.39, 0.29) is 23.0 Å². The van der Waals surface area contributed by atoms with Gasteiger partial charge in [0.25, 0.3) is 11.7 Å². The molecule has 0 radical (unpaired) electrons. The summed E-state index contributed by atoms with van der Waals surface area (Å²) in [5.74, 6) is -1.59. The Morgan fingerprint density at radius 2 is 1.82 bits per heavy atom. The second kappa shape index (κ2) is 10.2. The molecule has 0 bridgehead atoms. The van der Waals surface area contributed by atoms with E-state index in [0.717, 1.165) is 29.7 Å². The number of carbonyl (C=O) groups excluding carboxylic acids is 3. The first-order valence-corrected chi connectivity index (χ1v) is 12.7. The lowest BCUT2D eigenvalue weighted by atomic mass is 9.93. The van der Waals surface area contributed by atoms with Crippen molar-refractivity contribution in [1.29, 1.82) is 0 Å². The summed E-state index contributed by atoms with van der Waals surface area (Å²) >= 11 is 0. The second-order valence-corrected chi connectivity index (χ2v) is 9.86. The Morgan fingerprint density at radius 1 is 1.03 bits per heavy atom. The average molecular weight is 512 g/mol. The van der Waals surface area contributed by atoms with Crippen LogP contribution >= 0.6 is 0 Å². The molecule has 1 unspecified atom stereocenters. The van der Waals surface area contributed by atoms with Gasteiger partial charge in [-0.1, -0.05) is 35.9 Å². The highest BCUT2D eigenvalue weighted by molar-refractivity contribution is 6.51. The summed E-state index contributed by atoms with van der Waals surface area (Å²) in [7, 11) is 0. The number of amides is 1. The number of benzene rings is 3. The number of anilines is 1. The molecule has 1 saturated heterocycles. The molecule has 3 aromatic rings. The molecule has 7 nitrogen and oxygen atoms in total. The van der Waals surface area contributed by atoms with Gasteiger partial charge < -0.3 is 14.6 Å². The summed E-state index contributed by atoms with van der Waals surface area (Å²) in [6, 6.07) is 18.3. The van der Waals surface area contributed by atoms with Crippen molar-refractivity contribution < 1.29 is 29.0 Å². The van der Waals surface area contributed by atoms with Gasteiger partial charge in [-0.15, -0.1) is 0 Å². The van der Waals surface area contributed by atoms with E-state index in [4.69, 9.17) is 9.47 Å². The number of carbonyl (C=O) groups is 3. The molecule has 0 aromatic heterocycles. The molecule has 0 aliphatic carbocycles. The van der Waals surface area contributed by atoms with Gasteiger partial charge in [0.2, 0.25) is 0 Å². The molecule has 1 N–H and O–H groups in total. The van der Waals surface area contributed by atoms with E-state index < -0.39 is 23.7 Å². The number of aryl methyl sites for hydroxylation is 2. The standard InChI is InChI=1S/C31H29NO6/c1-18(2)38-31(36)23-9-5-11-24(17-23)32-27(21-8-4-7-19(3)15-21)26(29(34)30(32)35)28(33)22-12-13-25-20(16-22)10-6-14-37-25/h4-5,7-9,11-13,15-18,27,33H,6,10,14H2,1-3H3/b28-26-. The predicted molar refractivity (Wildman–Crippen MR) is 143 cm³/mol. The first-order valence-electron chi connectivity index (χ1n) is 12.7. The Labute approximate surface area is 221 Å². The van der Waals surface area contributed by atoms with Crippen molar-refractivity contribution in [2.24, 2.45) is 0 Å². The molecule has 38 heavy (non-hydrogen) atoms. The average Bonchev–Trinajstić information content (AvgIpc) is 3.17. The molecule has 1 amide bonds. The van der Waals surface area contributed by atoms with Crippen molar-refractivity contribution in [2.45, 2.75) is 45.8 Å². The number of Topliss-reactive ketones (excluding diaryl/α,β-unsaturated/α-hetero) is 1. The maximum absolute atomic E-state index is 13.5. The Bertz CT molecular complexity index is 1470. The lowest BCUT2D eigenvalue weighted by Gasteiger charge is -2.26. The van der Waals surface area contributed by atoms with E-state index in [1.165, 1.54) is 11.0 Å². The number of hydrogen-bond donors (Lipinski definition) is 1. The molecule has 2 aliphatic rings. The Hall–Kier alpha value is -4.39. The van der Waals surface area contributed by atoms with Crippen LogP contribution in [0.3, 0.4) is 0 Å². The Morgan fingerprint density at radius 3 is 2.58 bits per heavy atom. The zero-order valence-electron chi connectivity index (χ0n) is 21.6. The maximum atomic E-state index is 13.5. The van der Waals surface area contributed by atoms with E-state index >= 15 is 0 Å². The number of fused-ring (bicyclic) bond motifs is 1. The minimum absolute atomic E-state index is 0.00700. The van der Waals surface area contributed by atoms with Crippen LogP contribution in [0.4, 0.5) is 5.69 Å². The van der Waals surface area contributed by atoms with Gasteiger partial charge in [-0.05, 0) is 81.1 Å². The minimum atomic E-state index is -0.890. The van der Waals surface area contributed by atoms with E-state index in [1.54, 1.807) is 44.2 Å². The van der Waals surface area contributed by atoms with Crippen molar-refractivity contribution in [2.75, 3.05) is 11.5 Å². The predicted octanol–water partition coefficient (Wildman–Crippen LogP) is 5.51. The highest BCUT2D eigenvalue weighted by Gasteiger charge is 2.47. The highest BCUT2D eigenvalue weighted by Crippen LogP contribution is 2.43. The molecule has 1 fully saturated rings. The quantitative estimate of drug-likeness (QED) is 0.210. The number of rotatable bonds is 5. The molecule has 0 saturated carbocycles. The van der Waals surface area contributed by atoms with Gasteiger partial charge in [0.1, 0.15) is 11.5 Å². The van der Waals surface area contributed by atoms with Crippen LogP contribution in [0.1, 0.15) is 58.9 Å². The summed E-state index contributed by atoms with van der Waals surface area (Å²) in [6.45, 7) is 6.07. The lowest BCUT2D eigenvalue weighted by Crippen LogP contribution is -2.29.